The number of nitrogens with zero attached hydrogens (tertiary/aromatic N) is 3. The maximum Gasteiger partial charge on any atom is 0.216 e. The van der Waals surface area contributed by atoms with Crippen molar-refractivity contribution in [3.63, 3.8) is 0 Å². The predicted octanol–water partition coefficient (Wildman–Crippen LogP) is 3.89. The number of hydrogen-bond acceptors (Lipinski definition) is 5. The first-order valence-electron chi connectivity index (χ1n) is 8.25. The van der Waals surface area contributed by atoms with E-state index in [1.807, 2.05) is 18.2 Å². The second-order valence-corrected chi connectivity index (χ2v) is 6.22. The summed E-state index contributed by atoms with van der Waals surface area (Å²) in [5, 5.41) is 11.6. The van der Waals surface area contributed by atoms with Gasteiger partial charge in [0.05, 0.1) is 19.9 Å². The van der Waals surface area contributed by atoms with Crippen molar-refractivity contribution in [1.29, 1.82) is 0 Å². The molecule has 0 spiro atoms. The summed E-state index contributed by atoms with van der Waals surface area (Å²) in [4.78, 5) is 0. The maximum absolute atomic E-state index is 5.75. The number of aromatic amines is 1. The largest absolute Gasteiger partial charge is 0.493 e. The van der Waals surface area contributed by atoms with Gasteiger partial charge in [0.15, 0.2) is 17.3 Å². The second-order valence-electron chi connectivity index (χ2n) is 5.83. The highest BCUT2D eigenvalue weighted by Crippen LogP contribution is 2.38. The van der Waals surface area contributed by atoms with Gasteiger partial charge >= 0.3 is 0 Å². The first-order valence-corrected chi connectivity index (χ1v) is 8.66. The van der Waals surface area contributed by atoms with Crippen LogP contribution in [0.2, 0.25) is 0 Å². The molecule has 1 aliphatic carbocycles. The zero-order valence-electron chi connectivity index (χ0n) is 14.0. The van der Waals surface area contributed by atoms with E-state index in [-0.39, 0.29) is 0 Å². The van der Waals surface area contributed by atoms with Gasteiger partial charge in [0.2, 0.25) is 4.77 Å². The van der Waals surface area contributed by atoms with E-state index in [0.29, 0.717) is 23.0 Å². The van der Waals surface area contributed by atoms with Crippen molar-refractivity contribution in [2.75, 3.05) is 13.7 Å². The Morgan fingerprint density at radius 3 is 2.96 bits per heavy atom. The van der Waals surface area contributed by atoms with Crippen LogP contribution in [0, 0.1) is 4.77 Å². The van der Waals surface area contributed by atoms with Gasteiger partial charge in [-0.2, -0.15) is 14.9 Å². The Labute approximate surface area is 146 Å². The minimum Gasteiger partial charge on any atom is -0.493 e. The molecule has 0 radical (unpaired) electrons. The lowest BCUT2D eigenvalue weighted by atomic mass is 10.2. The highest BCUT2D eigenvalue weighted by Gasteiger charge is 2.29. The fourth-order valence-corrected chi connectivity index (χ4v) is 2.54. The van der Waals surface area contributed by atoms with Gasteiger partial charge in [0.25, 0.3) is 0 Å². The number of benzene rings is 1. The van der Waals surface area contributed by atoms with Crippen LogP contribution in [-0.2, 0) is 0 Å². The minimum atomic E-state index is 0.471. The molecule has 1 N–H and O–H groups in total. The summed E-state index contributed by atoms with van der Waals surface area (Å²) in [6, 6.07) is 5.77. The second kappa shape index (κ2) is 7.61. The van der Waals surface area contributed by atoms with E-state index in [2.05, 4.69) is 22.2 Å². The molecule has 1 aliphatic rings. The summed E-state index contributed by atoms with van der Waals surface area (Å²) in [6.07, 6.45) is 6.17. The van der Waals surface area contributed by atoms with Gasteiger partial charge in [-0.15, -0.1) is 0 Å². The number of H-pyrrole nitrogens is 1. The fourth-order valence-electron chi connectivity index (χ4n) is 2.36. The van der Waals surface area contributed by atoms with Gasteiger partial charge in [-0.25, -0.2) is 0 Å². The van der Waals surface area contributed by atoms with Crippen LogP contribution in [0.5, 0.6) is 11.5 Å². The first-order chi connectivity index (χ1) is 11.7. The molecular formula is C17H22N4O2S. The number of ether oxygens (including phenoxy) is 2. The number of unbranched alkanes of at least 4 members (excludes halogenated alkanes) is 1. The predicted molar refractivity (Wildman–Crippen MR) is 95.8 cm³/mol. The molecule has 7 heteroatoms. The zero-order valence-corrected chi connectivity index (χ0v) is 14.8. The number of hydrogen-bond donors (Lipinski definition) is 1. The highest BCUT2D eigenvalue weighted by atomic mass is 32.1. The first kappa shape index (κ1) is 16.7. The highest BCUT2D eigenvalue weighted by molar-refractivity contribution is 7.71. The van der Waals surface area contributed by atoms with Crippen LogP contribution in [0.15, 0.2) is 23.3 Å². The van der Waals surface area contributed by atoms with E-state index in [9.17, 15) is 0 Å². The smallest absolute Gasteiger partial charge is 0.216 e. The molecule has 3 rings (SSSR count). The normalized spacial score (nSPS) is 14.2. The summed E-state index contributed by atoms with van der Waals surface area (Å²) < 4.78 is 13.4. The third-order valence-corrected chi connectivity index (χ3v) is 4.15. The van der Waals surface area contributed by atoms with E-state index in [4.69, 9.17) is 21.7 Å². The molecule has 2 aromatic rings. The summed E-state index contributed by atoms with van der Waals surface area (Å²) in [7, 11) is 1.64. The van der Waals surface area contributed by atoms with Crippen LogP contribution in [0.3, 0.4) is 0 Å². The zero-order chi connectivity index (χ0) is 16.9. The monoisotopic (exact) mass is 346 g/mol. The van der Waals surface area contributed by atoms with E-state index in [1.165, 1.54) is 0 Å². The molecule has 0 atom stereocenters. The molecule has 128 valence electrons. The third kappa shape index (κ3) is 3.84. The fraction of sp³-hybridized carbons (Fsp3) is 0.471. The van der Waals surface area contributed by atoms with Crippen LogP contribution in [0.25, 0.3) is 0 Å². The molecule has 0 bridgehead atoms. The number of rotatable bonds is 8. The molecule has 1 saturated carbocycles. The van der Waals surface area contributed by atoms with E-state index >= 15 is 0 Å². The Balaban J connectivity index is 1.77. The lowest BCUT2D eigenvalue weighted by Crippen LogP contribution is -2.00. The van der Waals surface area contributed by atoms with Gasteiger partial charge in [0, 0.05) is 5.92 Å². The lowest BCUT2D eigenvalue weighted by molar-refractivity contribution is 0.288. The van der Waals surface area contributed by atoms with Gasteiger partial charge in [-0.05, 0) is 55.2 Å². The van der Waals surface area contributed by atoms with Crippen LogP contribution in [-0.4, -0.2) is 34.8 Å². The molecule has 1 aromatic carbocycles. The Hall–Kier alpha value is -2.15. The average Bonchev–Trinajstić information content (AvgIpc) is 3.37. The molecule has 0 aliphatic heterocycles. The number of nitrogens with one attached hydrogen (secondary N) is 1. The average molecular weight is 346 g/mol. The van der Waals surface area contributed by atoms with Crippen molar-refractivity contribution >= 4 is 18.4 Å². The Bertz CT molecular complexity index is 777. The van der Waals surface area contributed by atoms with Crippen LogP contribution in [0.4, 0.5) is 0 Å². The van der Waals surface area contributed by atoms with E-state index < -0.39 is 0 Å². The molecule has 0 saturated heterocycles. The molecule has 6 nitrogen and oxygen atoms in total. The van der Waals surface area contributed by atoms with Crippen molar-refractivity contribution in [2.24, 2.45) is 5.10 Å². The number of aromatic nitrogens is 3. The molecule has 1 aromatic heterocycles. The van der Waals surface area contributed by atoms with Crippen LogP contribution >= 0.6 is 12.2 Å². The summed E-state index contributed by atoms with van der Waals surface area (Å²) in [5.41, 5.74) is 0.916. The topological polar surface area (TPSA) is 64.4 Å². The summed E-state index contributed by atoms with van der Waals surface area (Å²) in [6.45, 7) is 2.83. The van der Waals surface area contributed by atoms with E-state index in [1.54, 1.807) is 18.0 Å². The quantitative estimate of drug-likeness (QED) is 0.447. The van der Waals surface area contributed by atoms with Crippen molar-refractivity contribution in [2.45, 2.75) is 38.5 Å². The third-order valence-electron chi connectivity index (χ3n) is 3.88. The molecule has 0 amide bonds. The minimum absolute atomic E-state index is 0.471. The molecule has 1 fully saturated rings. The van der Waals surface area contributed by atoms with Gasteiger partial charge in [-0.1, -0.05) is 13.3 Å². The Kier molecular flexibility index (Phi) is 5.30. The molecule has 1 heterocycles. The molecule has 0 unspecified atom stereocenters. The van der Waals surface area contributed by atoms with E-state index in [0.717, 1.165) is 42.8 Å². The van der Waals surface area contributed by atoms with Crippen molar-refractivity contribution in [1.82, 2.24) is 14.9 Å². The van der Waals surface area contributed by atoms with Gasteiger partial charge < -0.3 is 9.47 Å². The molecular weight excluding hydrogens is 324 g/mol. The van der Waals surface area contributed by atoms with Crippen molar-refractivity contribution in [3.8, 4) is 11.5 Å². The standard InChI is InChI=1S/C17H22N4O2S/c1-3-4-9-23-14-8-5-12(10-15(14)22-2)11-18-21-16(13-6-7-13)19-20-17(21)24/h5,8,10-11,13H,3-4,6-7,9H2,1-2H3,(H,20,24)/b18-11-. The summed E-state index contributed by atoms with van der Waals surface area (Å²) >= 11 is 5.25. The van der Waals surface area contributed by atoms with Crippen molar-refractivity contribution in [3.05, 3.63) is 34.4 Å². The number of methoxy groups -OCH3 is 1. The van der Waals surface area contributed by atoms with Crippen molar-refractivity contribution < 1.29 is 9.47 Å². The summed E-state index contributed by atoms with van der Waals surface area (Å²) in [5.74, 6) is 2.83. The van der Waals surface area contributed by atoms with Gasteiger partial charge in [-0.3, -0.25) is 5.10 Å². The van der Waals surface area contributed by atoms with Crippen LogP contribution in [0.1, 0.15) is 49.9 Å². The molecule has 24 heavy (non-hydrogen) atoms. The Morgan fingerprint density at radius 2 is 2.25 bits per heavy atom. The SMILES string of the molecule is CCCCOc1ccc(/C=N\n2c(C3CC3)n[nH]c2=S)cc1OC. The Morgan fingerprint density at radius 1 is 1.42 bits per heavy atom. The lowest BCUT2D eigenvalue weighted by Gasteiger charge is -2.10. The maximum atomic E-state index is 5.75. The van der Waals surface area contributed by atoms with Crippen LogP contribution < -0.4 is 9.47 Å². The van der Waals surface area contributed by atoms with Gasteiger partial charge in [0.1, 0.15) is 0 Å².